The summed E-state index contributed by atoms with van der Waals surface area (Å²) in [5.74, 6) is 0.600. The molecule has 0 bridgehead atoms. The van der Waals surface area contributed by atoms with Crippen LogP contribution in [0.2, 0.25) is 15.1 Å². The summed E-state index contributed by atoms with van der Waals surface area (Å²) < 4.78 is 10.8. The predicted molar refractivity (Wildman–Crippen MR) is 137 cm³/mol. The molecule has 0 saturated carbocycles. The average molecular weight is 599 g/mol. The van der Waals surface area contributed by atoms with E-state index in [1.165, 1.54) is 6.20 Å². The van der Waals surface area contributed by atoms with Crippen molar-refractivity contribution in [2.24, 2.45) is 0 Å². The maximum atomic E-state index is 13.1. The van der Waals surface area contributed by atoms with Crippen molar-refractivity contribution in [3.63, 3.8) is 0 Å². The molecule has 1 amide bonds. The van der Waals surface area contributed by atoms with Crippen LogP contribution in [0.3, 0.4) is 0 Å². The number of alkyl halides is 1. The number of nitrogens with one attached hydrogen (secondary N) is 1. The number of benzene rings is 2. The van der Waals surface area contributed by atoms with Crippen LogP contribution < -0.4 is 8.27 Å². The SMILES string of the molecule is O=C(NI1CCOc2ccccc21)c1cnc2c(-c3cc(Cl)cc(Cl)c3)ccnc2c1Cl. The van der Waals surface area contributed by atoms with Gasteiger partial charge in [-0.15, -0.1) is 0 Å². The number of aromatic nitrogens is 2. The Hall–Kier alpha value is -2.13. The Labute approximate surface area is 206 Å². The van der Waals surface area contributed by atoms with Gasteiger partial charge in [-0.1, -0.05) is 0 Å². The Bertz CT molecular complexity index is 1350. The topological polar surface area (TPSA) is 64.1 Å². The molecule has 5 nitrogen and oxygen atoms in total. The summed E-state index contributed by atoms with van der Waals surface area (Å²) in [6.07, 6.45) is 3.13. The van der Waals surface area contributed by atoms with Crippen molar-refractivity contribution >= 4 is 71.8 Å². The van der Waals surface area contributed by atoms with Gasteiger partial charge in [0.2, 0.25) is 0 Å². The first-order valence-corrected chi connectivity index (χ1v) is 14.4. The van der Waals surface area contributed by atoms with Gasteiger partial charge < -0.3 is 0 Å². The second-order valence-electron chi connectivity index (χ2n) is 6.95. The predicted octanol–water partition coefficient (Wildman–Crippen LogP) is 6.67. The van der Waals surface area contributed by atoms with Gasteiger partial charge in [0, 0.05) is 0 Å². The van der Waals surface area contributed by atoms with Crippen molar-refractivity contribution in [2.45, 2.75) is 0 Å². The first-order chi connectivity index (χ1) is 15.5. The minimum atomic E-state index is -1.97. The number of carbonyl (C=O) groups excluding carboxylic acids is 1. The second-order valence-corrected chi connectivity index (χ2v) is 13.0. The third-order valence-corrected chi connectivity index (χ3v) is 10.7. The molecule has 1 aliphatic rings. The van der Waals surface area contributed by atoms with Gasteiger partial charge in [-0.25, -0.2) is 0 Å². The standard InChI is InChI=1S/C23H15Cl3IN3O2/c24-14-9-13(10-15(25)11-14)16-5-7-28-22-20(26)17(12-29-21(16)22)23(31)30-27-6-8-32-19-4-2-1-3-18(19)27/h1-5,7,9-12H,6,8H2,(H,30,31). The third-order valence-electron chi connectivity index (χ3n) is 4.92. The molecule has 5 rings (SSSR count). The minimum absolute atomic E-state index is 0.246. The summed E-state index contributed by atoms with van der Waals surface area (Å²) in [6.45, 7) is 0.596. The van der Waals surface area contributed by atoms with Crippen LogP contribution in [0.1, 0.15) is 10.4 Å². The number of ether oxygens (including phenoxy) is 1. The van der Waals surface area contributed by atoms with E-state index in [0.717, 1.165) is 24.9 Å². The summed E-state index contributed by atoms with van der Waals surface area (Å²) in [5.41, 5.74) is 2.89. The molecule has 0 fully saturated rings. The molecular formula is C23H15Cl3IN3O2. The van der Waals surface area contributed by atoms with Crippen molar-refractivity contribution in [2.75, 3.05) is 11.0 Å². The number of halogens is 4. The number of fused-ring (bicyclic) bond motifs is 2. The zero-order valence-electron chi connectivity index (χ0n) is 16.4. The van der Waals surface area contributed by atoms with Crippen LogP contribution in [-0.2, 0) is 0 Å². The van der Waals surface area contributed by atoms with Gasteiger partial charge in [-0.2, -0.15) is 0 Å². The molecule has 1 N–H and O–H groups in total. The average Bonchev–Trinajstić information content (AvgIpc) is 2.78. The molecule has 1 aliphatic heterocycles. The molecule has 4 aromatic rings. The molecule has 2 aromatic heterocycles. The summed E-state index contributed by atoms with van der Waals surface area (Å²) in [5, 5.41) is 1.30. The van der Waals surface area contributed by atoms with Crippen LogP contribution in [-0.4, -0.2) is 26.9 Å². The summed E-state index contributed by atoms with van der Waals surface area (Å²) in [4.78, 5) is 22.1. The fourth-order valence-electron chi connectivity index (χ4n) is 3.49. The van der Waals surface area contributed by atoms with Gasteiger partial charge in [-0.05, 0) is 0 Å². The molecular weight excluding hydrogens is 584 g/mol. The van der Waals surface area contributed by atoms with Crippen molar-refractivity contribution in [1.82, 2.24) is 13.5 Å². The number of amides is 1. The number of para-hydroxylation sites is 1. The summed E-state index contributed by atoms with van der Waals surface area (Å²) in [6, 6.07) is 14.9. The number of nitrogens with zero attached hydrogens (tertiary/aromatic N) is 2. The van der Waals surface area contributed by atoms with Gasteiger partial charge in [0.1, 0.15) is 0 Å². The van der Waals surface area contributed by atoms with Crippen molar-refractivity contribution in [3.8, 4) is 16.9 Å². The van der Waals surface area contributed by atoms with E-state index in [4.69, 9.17) is 39.5 Å². The van der Waals surface area contributed by atoms with Crippen LogP contribution in [0, 0.1) is 3.57 Å². The fraction of sp³-hybridized carbons (Fsp3) is 0.0870. The molecule has 0 saturated heterocycles. The first kappa shape index (κ1) is 21.7. The van der Waals surface area contributed by atoms with Crippen LogP contribution >= 0.6 is 54.9 Å². The van der Waals surface area contributed by atoms with E-state index in [-0.39, 0.29) is 10.9 Å². The van der Waals surface area contributed by atoms with Gasteiger partial charge in [0.25, 0.3) is 0 Å². The number of hydrogen-bond acceptors (Lipinski definition) is 4. The number of rotatable bonds is 3. The maximum absolute atomic E-state index is 13.1. The number of carbonyl (C=O) groups is 1. The molecule has 0 radical (unpaired) electrons. The third kappa shape index (κ3) is 4.12. The van der Waals surface area contributed by atoms with Crippen molar-refractivity contribution < 1.29 is 9.53 Å². The van der Waals surface area contributed by atoms with Crippen LogP contribution in [0.15, 0.2) is 60.9 Å². The Kier molecular flexibility index (Phi) is 6.11. The van der Waals surface area contributed by atoms with Crippen molar-refractivity contribution in [1.29, 1.82) is 0 Å². The van der Waals surface area contributed by atoms with Crippen molar-refractivity contribution in [3.05, 3.63) is 85.1 Å². The van der Waals surface area contributed by atoms with E-state index in [9.17, 15) is 4.79 Å². The van der Waals surface area contributed by atoms with Gasteiger partial charge in [0.15, 0.2) is 0 Å². The van der Waals surface area contributed by atoms with Gasteiger partial charge in [-0.3, -0.25) is 0 Å². The molecule has 3 heterocycles. The van der Waals surface area contributed by atoms with E-state index in [1.54, 1.807) is 24.4 Å². The molecule has 0 unspecified atom stereocenters. The monoisotopic (exact) mass is 597 g/mol. The van der Waals surface area contributed by atoms with Gasteiger partial charge in [0.05, 0.1) is 0 Å². The molecule has 162 valence electrons. The van der Waals surface area contributed by atoms with Crippen LogP contribution in [0.4, 0.5) is 0 Å². The molecule has 2 aromatic carbocycles. The number of pyridine rings is 2. The fourth-order valence-corrected chi connectivity index (χ4v) is 8.59. The Morgan fingerprint density at radius 2 is 1.78 bits per heavy atom. The number of hydrogen-bond donors (Lipinski definition) is 1. The molecule has 32 heavy (non-hydrogen) atoms. The zero-order chi connectivity index (χ0) is 22.2. The Morgan fingerprint density at radius 1 is 1.00 bits per heavy atom. The first-order valence-electron chi connectivity index (χ1n) is 9.59. The summed E-state index contributed by atoms with van der Waals surface area (Å²) in [7, 11) is 0. The second kappa shape index (κ2) is 9.02. The van der Waals surface area contributed by atoms with E-state index >= 15 is 0 Å². The normalized spacial score (nSPS) is 14.0. The van der Waals surface area contributed by atoms with E-state index in [0.29, 0.717) is 33.2 Å². The summed E-state index contributed by atoms with van der Waals surface area (Å²) >= 11 is 17.0. The van der Waals surface area contributed by atoms with E-state index in [1.807, 2.05) is 30.3 Å². The van der Waals surface area contributed by atoms with Crippen LogP contribution in [0.25, 0.3) is 22.2 Å². The molecule has 0 atom stereocenters. The van der Waals surface area contributed by atoms with Crippen LogP contribution in [0.5, 0.6) is 5.75 Å². The zero-order valence-corrected chi connectivity index (χ0v) is 20.8. The quantitative estimate of drug-likeness (QED) is 0.163. The Balaban J connectivity index is 1.51. The van der Waals surface area contributed by atoms with E-state index < -0.39 is 20.1 Å². The van der Waals surface area contributed by atoms with Gasteiger partial charge >= 0.3 is 208 Å². The molecule has 0 aliphatic carbocycles. The molecule has 0 spiro atoms. The Morgan fingerprint density at radius 3 is 2.59 bits per heavy atom. The molecule has 9 heteroatoms. The van der Waals surface area contributed by atoms with E-state index in [2.05, 4.69) is 13.5 Å².